The number of rotatable bonds is 6. The van der Waals surface area contributed by atoms with Crippen LogP contribution in [0, 0.1) is 0 Å². The topological polar surface area (TPSA) is 128 Å². The van der Waals surface area contributed by atoms with Crippen molar-refractivity contribution >= 4 is 87.0 Å². The molecule has 0 atom stereocenters. The van der Waals surface area contributed by atoms with Crippen molar-refractivity contribution in [1.29, 1.82) is 0 Å². The lowest BCUT2D eigenvalue weighted by Gasteiger charge is -2.23. The average molecular weight is 841 g/mol. The molecule has 0 saturated heterocycles. The summed E-state index contributed by atoms with van der Waals surface area (Å²) in [6.45, 7) is 0. The maximum Gasteiger partial charge on any atom is 0.139 e. The molecule has 0 radical (unpaired) electrons. The number of para-hydroxylation sites is 6. The number of furan rings is 1. The van der Waals surface area contributed by atoms with Gasteiger partial charge in [-0.2, -0.15) is 10.2 Å². The van der Waals surface area contributed by atoms with Crippen LogP contribution in [-0.2, 0) is 0 Å². The Morgan fingerprint density at radius 3 is 1.97 bits per heavy atom. The van der Waals surface area contributed by atoms with E-state index in [9.17, 15) is 0 Å². The zero-order valence-electron chi connectivity index (χ0n) is 33.8. The third-order valence-electron chi connectivity index (χ3n) is 12.7. The van der Waals surface area contributed by atoms with Gasteiger partial charge in [-0.05, 0) is 53.9 Å². The van der Waals surface area contributed by atoms with Crippen molar-refractivity contribution in [3.63, 3.8) is 0 Å². The number of H-pyrrole nitrogens is 4. The molecule has 0 unspecified atom stereocenters. The summed E-state index contributed by atoms with van der Waals surface area (Å²) < 4.78 is 7.66. The quantitative estimate of drug-likeness (QED) is 0.133. The number of imidazole rings is 1. The molecule has 0 bridgehead atoms. The molecule has 4 N–H and O–H groups in total. The molecule has 9 nitrogen and oxygen atoms in total. The molecule has 0 amide bonds. The minimum absolute atomic E-state index is 0.696. The molecule has 64 heavy (non-hydrogen) atoms. The van der Waals surface area contributed by atoms with Crippen LogP contribution in [0.15, 0.2) is 174 Å². The van der Waals surface area contributed by atoms with E-state index in [1.54, 1.807) is 11.3 Å². The Hall–Kier alpha value is -8.60. The smallest absolute Gasteiger partial charge is 0.139 e. The maximum absolute atomic E-state index is 6.49. The van der Waals surface area contributed by atoms with Crippen molar-refractivity contribution in [2.75, 3.05) is 0 Å². The number of fused-ring (bicyclic) bond motifs is 7. The molecule has 0 spiro atoms. The van der Waals surface area contributed by atoms with Gasteiger partial charge in [-0.15, -0.1) is 11.3 Å². The molecular weight excluding hydrogens is 809 g/mol. The van der Waals surface area contributed by atoms with Gasteiger partial charge in [0.15, 0.2) is 0 Å². The Morgan fingerprint density at radius 2 is 1.16 bits per heavy atom. The highest BCUT2D eigenvalue weighted by molar-refractivity contribution is 7.17. The average Bonchev–Trinajstić information content (AvgIpc) is 4.21. The van der Waals surface area contributed by atoms with E-state index in [4.69, 9.17) is 24.6 Å². The second-order valence-electron chi connectivity index (χ2n) is 16.2. The van der Waals surface area contributed by atoms with E-state index < -0.39 is 0 Å². The third kappa shape index (κ3) is 5.05. The lowest BCUT2D eigenvalue weighted by molar-refractivity contribution is 0.617. The summed E-state index contributed by atoms with van der Waals surface area (Å²) in [4.78, 5) is 18.7. The summed E-state index contributed by atoms with van der Waals surface area (Å²) in [6.07, 6.45) is 3.88. The van der Waals surface area contributed by atoms with Gasteiger partial charge < -0.3 is 14.4 Å². The van der Waals surface area contributed by atoms with Crippen LogP contribution in [-0.4, -0.2) is 40.3 Å². The van der Waals surface area contributed by atoms with Crippen LogP contribution in [0.2, 0.25) is 0 Å². The summed E-state index contributed by atoms with van der Waals surface area (Å²) in [5, 5.41) is 25.4. The van der Waals surface area contributed by atoms with Crippen LogP contribution in [0.5, 0.6) is 0 Å². The lowest BCUT2D eigenvalue weighted by Crippen LogP contribution is -2.02. The van der Waals surface area contributed by atoms with Gasteiger partial charge in [0.25, 0.3) is 0 Å². The molecule has 0 aliphatic rings. The molecule has 14 aromatic rings. The Balaban J connectivity index is 1.30. The zero-order valence-corrected chi connectivity index (χ0v) is 34.6. The van der Waals surface area contributed by atoms with Gasteiger partial charge in [0, 0.05) is 98.9 Å². The largest absolute Gasteiger partial charge is 0.464 e. The van der Waals surface area contributed by atoms with E-state index in [1.807, 2.05) is 61.0 Å². The van der Waals surface area contributed by atoms with E-state index in [2.05, 4.69) is 129 Å². The van der Waals surface area contributed by atoms with Gasteiger partial charge in [-0.3, -0.25) is 15.2 Å². The van der Waals surface area contributed by atoms with Crippen molar-refractivity contribution in [2.24, 2.45) is 0 Å². The van der Waals surface area contributed by atoms with Crippen molar-refractivity contribution in [3.8, 4) is 67.4 Å². The molecule has 0 aliphatic carbocycles. The maximum atomic E-state index is 6.49. The Bertz CT molecular complexity index is 4040. The number of nitrogens with one attached hydrogen (secondary N) is 4. The van der Waals surface area contributed by atoms with Crippen LogP contribution in [0.4, 0.5) is 0 Å². The predicted molar refractivity (Wildman–Crippen MR) is 260 cm³/mol. The summed E-state index contributed by atoms with van der Waals surface area (Å²) in [6, 6.07) is 52.3. The number of benzene rings is 7. The fraction of sp³-hybridized carbons (Fsp3) is 0. The minimum Gasteiger partial charge on any atom is -0.464 e. The fourth-order valence-electron chi connectivity index (χ4n) is 9.85. The molecule has 14 rings (SSSR count). The first-order valence-electron chi connectivity index (χ1n) is 21.1. The van der Waals surface area contributed by atoms with Crippen LogP contribution in [0.1, 0.15) is 0 Å². The Kier molecular flexibility index (Phi) is 7.36. The normalized spacial score (nSPS) is 12.1. The van der Waals surface area contributed by atoms with Crippen molar-refractivity contribution in [1.82, 2.24) is 40.3 Å². The molecule has 0 fully saturated rings. The highest BCUT2D eigenvalue weighted by Crippen LogP contribution is 2.57. The number of pyridine rings is 1. The molecule has 0 saturated carbocycles. The number of hydrogen-bond acceptors (Lipinski definition) is 6. The molecule has 0 aliphatic heterocycles. The molecule has 10 heteroatoms. The SMILES string of the molecule is c1ccc2[nH]c(-c3c(-c4coc5ccccc45)c(-c4csc5ccccc45)c(-c4n[nH]c5ccccc45)c4c(-c5nc6ccccc6[nH]5)c(-c5n[nH]c6ccccc56)cnc34)cc2c1. The summed E-state index contributed by atoms with van der Waals surface area (Å²) >= 11 is 1.74. The summed E-state index contributed by atoms with van der Waals surface area (Å²) in [5.41, 5.74) is 16.3. The van der Waals surface area contributed by atoms with Gasteiger partial charge in [0.1, 0.15) is 22.8 Å². The Labute approximate surface area is 367 Å². The van der Waals surface area contributed by atoms with E-state index in [0.29, 0.717) is 5.82 Å². The number of hydrogen-bond donors (Lipinski definition) is 4. The van der Waals surface area contributed by atoms with E-state index >= 15 is 0 Å². The molecule has 7 aromatic heterocycles. The van der Waals surface area contributed by atoms with Crippen molar-refractivity contribution in [2.45, 2.75) is 0 Å². The third-order valence-corrected chi connectivity index (χ3v) is 13.6. The monoisotopic (exact) mass is 840 g/mol. The molecule has 300 valence electrons. The summed E-state index contributed by atoms with van der Waals surface area (Å²) in [5.74, 6) is 0.696. The Morgan fingerprint density at radius 1 is 0.500 bits per heavy atom. The number of thiophene rings is 1. The van der Waals surface area contributed by atoms with Crippen LogP contribution in [0.3, 0.4) is 0 Å². The number of nitrogens with zero attached hydrogens (tertiary/aromatic N) is 4. The fourth-order valence-corrected chi connectivity index (χ4v) is 10.8. The van der Waals surface area contributed by atoms with E-state index in [1.165, 1.54) is 4.70 Å². The van der Waals surface area contributed by atoms with E-state index in [0.717, 1.165) is 133 Å². The molecule has 7 aromatic carbocycles. The second-order valence-corrected chi connectivity index (χ2v) is 17.1. The standard InChI is InChI=1S/C54H32N8OS/c1-6-18-37-29(13-1)25-42(56-37)48-45(35-27-63-43-23-11-4-14-30(35)43)46(36-28-64-44-24-12-5-15-31(36)44)49(52-33-17-3-8-20-39(33)60-62-52)50-47(54-57-40-21-9-10-22-41(40)58-54)34(26-55-53(48)50)51-32-16-2-7-19-38(32)59-61-51/h1-28,56H,(H,57,58)(H,59,61)(H,60,62). The first kappa shape index (κ1) is 35.0. The number of aromatic nitrogens is 8. The van der Waals surface area contributed by atoms with Crippen molar-refractivity contribution in [3.05, 3.63) is 169 Å². The van der Waals surface area contributed by atoms with Gasteiger partial charge in [-0.25, -0.2) is 4.98 Å². The van der Waals surface area contributed by atoms with Crippen molar-refractivity contribution < 1.29 is 4.42 Å². The minimum atomic E-state index is 0.696. The molecule has 7 heterocycles. The van der Waals surface area contributed by atoms with Gasteiger partial charge >= 0.3 is 0 Å². The lowest BCUT2D eigenvalue weighted by atomic mass is 9.80. The van der Waals surface area contributed by atoms with Gasteiger partial charge in [-0.1, -0.05) is 103 Å². The molecular formula is C54H32N8OS. The van der Waals surface area contributed by atoms with Crippen LogP contribution in [0.25, 0.3) is 143 Å². The summed E-state index contributed by atoms with van der Waals surface area (Å²) in [7, 11) is 0. The first-order valence-corrected chi connectivity index (χ1v) is 22.0. The van der Waals surface area contributed by atoms with Gasteiger partial charge in [0.05, 0.1) is 33.8 Å². The van der Waals surface area contributed by atoms with Crippen LogP contribution >= 0.6 is 11.3 Å². The highest BCUT2D eigenvalue weighted by atomic mass is 32.1. The highest BCUT2D eigenvalue weighted by Gasteiger charge is 2.33. The predicted octanol–water partition coefficient (Wildman–Crippen LogP) is 14.3. The second kappa shape index (κ2) is 13.4. The van der Waals surface area contributed by atoms with Crippen LogP contribution < -0.4 is 0 Å². The number of aromatic amines is 4. The van der Waals surface area contributed by atoms with E-state index in [-0.39, 0.29) is 0 Å². The van der Waals surface area contributed by atoms with Gasteiger partial charge in [0.2, 0.25) is 0 Å². The zero-order chi connectivity index (χ0) is 41.9. The first-order chi connectivity index (χ1) is 31.7.